The topological polar surface area (TPSA) is 35.2 Å². The Labute approximate surface area is 90.9 Å². The average molecular weight is 214 g/mol. The number of hydrogen-bond donors (Lipinski definition) is 1. The zero-order valence-corrected chi connectivity index (χ0v) is 8.87. The van der Waals surface area contributed by atoms with Crippen molar-refractivity contribution in [3.8, 4) is 5.75 Å². The predicted molar refractivity (Wildman–Crippen MR) is 59.9 cm³/mol. The zero-order chi connectivity index (χ0) is 9.10. The molecule has 0 aromatic heterocycles. The van der Waals surface area contributed by atoms with E-state index in [0.29, 0.717) is 0 Å². The Balaban J connectivity index is 0.000000980. The van der Waals surface area contributed by atoms with Gasteiger partial charge in [-0.3, -0.25) is 0 Å². The van der Waals surface area contributed by atoms with Crippen molar-refractivity contribution in [1.82, 2.24) is 0 Å². The van der Waals surface area contributed by atoms with Crippen LogP contribution in [0.2, 0.25) is 0 Å². The molecule has 14 heavy (non-hydrogen) atoms. The first-order chi connectivity index (χ1) is 6.36. The predicted octanol–water partition coefficient (Wildman–Crippen LogP) is 2.37. The Morgan fingerprint density at radius 3 is 2.43 bits per heavy atom. The van der Waals surface area contributed by atoms with Crippen LogP contribution >= 0.6 is 12.4 Å². The van der Waals surface area contributed by atoms with Crippen molar-refractivity contribution in [1.29, 1.82) is 0 Å². The van der Waals surface area contributed by atoms with Gasteiger partial charge in [0.25, 0.3) is 0 Å². The Hall–Kier alpha value is -0.730. The van der Waals surface area contributed by atoms with Gasteiger partial charge in [0.15, 0.2) is 0 Å². The monoisotopic (exact) mass is 213 g/mol. The summed E-state index contributed by atoms with van der Waals surface area (Å²) in [5, 5.41) is 0. The summed E-state index contributed by atoms with van der Waals surface area (Å²) in [5.41, 5.74) is 5.90. The van der Waals surface area contributed by atoms with Gasteiger partial charge in [-0.15, -0.1) is 12.4 Å². The van der Waals surface area contributed by atoms with Gasteiger partial charge in [-0.2, -0.15) is 0 Å². The Morgan fingerprint density at radius 1 is 1.14 bits per heavy atom. The molecule has 0 radical (unpaired) electrons. The summed E-state index contributed by atoms with van der Waals surface area (Å²) in [7, 11) is 0. The first-order valence-electron chi connectivity index (χ1n) is 4.83. The molecule has 2 N–H and O–H groups in total. The molecular formula is C11H16ClNO. The van der Waals surface area contributed by atoms with E-state index in [2.05, 4.69) is 0 Å². The SMILES string of the molecule is Cl.NC1CCCC1Oc1ccccc1. The fourth-order valence-corrected chi connectivity index (χ4v) is 1.77. The van der Waals surface area contributed by atoms with E-state index in [9.17, 15) is 0 Å². The molecule has 0 saturated heterocycles. The first kappa shape index (κ1) is 11.3. The van der Waals surface area contributed by atoms with Crippen LogP contribution in [0.3, 0.4) is 0 Å². The standard InChI is InChI=1S/C11H15NO.ClH/c12-10-7-4-8-11(10)13-9-5-2-1-3-6-9;/h1-3,5-6,10-11H,4,7-8,12H2;1H. The van der Waals surface area contributed by atoms with Gasteiger partial charge in [-0.1, -0.05) is 18.2 Å². The van der Waals surface area contributed by atoms with Gasteiger partial charge in [0.2, 0.25) is 0 Å². The second kappa shape index (κ2) is 5.23. The van der Waals surface area contributed by atoms with Gasteiger partial charge < -0.3 is 10.5 Å². The van der Waals surface area contributed by atoms with E-state index in [1.54, 1.807) is 0 Å². The van der Waals surface area contributed by atoms with E-state index < -0.39 is 0 Å². The van der Waals surface area contributed by atoms with Crippen molar-refractivity contribution in [2.75, 3.05) is 0 Å². The van der Waals surface area contributed by atoms with Crippen LogP contribution in [0.4, 0.5) is 0 Å². The van der Waals surface area contributed by atoms with Crippen molar-refractivity contribution in [2.24, 2.45) is 5.73 Å². The summed E-state index contributed by atoms with van der Waals surface area (Å²) in [5.74, 6) is 0.935. The minimum absolute atomic E-state index is 0. The van der Waals surface area contributed by atoms with Crippen LogP contribution in [0.1, 0.15) is 19.3 Å². The number of nitrogens with two attached hydrogens (primary N) is 1. The number of hydrogen-bond acceptors (Lipinski definition) is 2. The molecule has 0 aliphatic heterocycles. The van der Waals surface area contributed by atoms with Crippen LogP contribution in [0.25, 0.3) is 0 Å². The quantitative estimate of drug-likeness (QED) is 0.819. The largest absolute Gasteiger partial charge is 0.489 e. The van der Waals surface area contributed by atoms with E-state index >= 15 is 0 Å². The van der Waals surface area contributed by atoms with Crippen LogP contribution in [-0.2, 0) is 0 Å². The highest BCUT2D eigenvalue weighted by Gasteiger charge is 2.25. The fraction of sp³-hybridized carbons (Fsp3) is 0.455. The lowest BCUT2D eigenvalue weighted by molar-refractivity contribution is 0.191. The average Bonchev–Trinajstić information content (AvgIpc) is 2.54. The van der Waals surface area contributed by atoms with Gasteiger partial charge in [0, 0.05) is 6.04 Å². The third kappa shape index (κ3) is 2.63. The fourth-order valence-electron chi connectivity index (χ4n) is 1.77. The van der Waals surface area contributed by atoms with Crippen molar-refractivity contribution in [3.63, 3.8) is 0 Å². The Morgan fingerprint density at radius 2 is 1.86 bits per heavy atom. The minimum Gasteiger partial charge on any atom is -0.489 e. The van der Waals surface area contributed by atoms with E-state index in [1.165, 1.54) is 6.42 Å². The van der Waals surface area contributed by atoms with E-state index in [4.69, 9.17) is 10.5 Å². The summed E-state index contributed by atoms with van der Waals surface area (Å²) in [6.07, 6.45) is 3.61. The highest BCUT2D eigenvalue weighted by Crippen LogP contribution is 2.22. The minimum atomic E-state index is 0. The molecule has 2 nitrogen and oxygen atoms in total. The summed E-state index contributed by atoms with van der Waals surface area (Å²) in [4.78, 5) is 0. The molecule has 2 unspecified atom stereocenters. The Kier molecular flexibility index (Phi) is 4.23. The smallest absolute Gasteiger partial charge is 0.119 e. The zero-order valence-electron chi connectivity index (χ0n) is 8.06. The molecule has 1 aromatic carbocycles. The highest BCUT2D eigenvalue weighted by molar-refractivity contribution is 5.85. The van der Waals surface area contributed by atoms with E-state index in [1.807, 2.05) is 30.3 Å². The van der Waals surface area contributed by atoms with Crippen molar-refractivity contribution in [3.05, 3.63) is 30.3 Å². The summed E-state index contributed by atoms with van der Waals surface area (Å²) in [6, 6.07) is 10.1. The number of para-hydroxylation sites is 1. The number of rotatable bonds is 2. The number of benzene rings is 1. The molecule has 2 atom stereocenters. The van der Waals surface area contributed by atoms with Crippen LogP contribution in [-0.4, -0.2) is 12.1 Å². The van der Waals surface area contributed by atoms with Crippen LogP contribution in [0.15, 0.2) is 30.3 Å². The number of halogens is 1. The Bertz CT molecular complexity index is 265. The molecule has 78 valence electrons. The van der Waals surface area contributed by atoms with Gasteiger partial charge in [0.05, 0.1) is 0 Å². The summed E-state index contributed by atoms with van der Waals surface area (Å²) < 4.78 is 5.76. The van der Waals surface area contributed by atoms with Gasteiger partial charge in [-0.25, -0.2) is 0 Å². The van der Waals surface area contributed by atoms with Crippen molar-refractivity contribution >= 4 is 12.4 Å². The molecule has 1 aliphatic rings. The molecule has 1 aromatic rings. The third-order valence-corrected chi connectivity index (χ3v) is 2.53. The maximum Gasteiger partial charge on any atom is 0.119 e. The van der Waals surface area contributed by atoms with E-state index in [-0.39, 0.29) is 24.6 Å². The van der Waals surface area contributed by atoms with E-state index in [0.717, 1.165) is 18.6 Å². The van der Waals surface area contributed by atoms with Crippen LogP contribution in [0.5, 0.6) is 5.75 Å². The maximum absolute atomic E-state index is 5.90. The lowest BCUT2D eigenvalue weighted by atomic mass is 10.2. The number of ether oxygens (including phenoxy) is 1. The molecule has 1 saturated carbocycles. The molecule has 0 spiro atoms. The van der Waals surface area contributed by atoms with Crippen LogP contribution in [0, 0.1) is 0 Å². The van der Waals surface area contributed by atoms with Crippen molar-refractivity contribution in [2.45, 2.75) is 31.4 Å². The maximum atomic E-state index is 5.90. The summed E-state index contributed by atoms with van der Waals surface area (Å²) in [6.45, 7) is 0. The lowest BCUT2D eigenvalue weighted by Gasteiger charge is -2.17. The van der Waals surface area contributed by atoms with Gasteiger partial charge in [0.1, 0.15) is 11.9 Å². The molecule has 3 heteroatoms. The molecule has 0 bridgehead atoms. The lowest BCUT2D eigenvalue weighted by Crippen LogP contribution is -2.33. The summed E-state index contributed by atoms with van der Waals surface area (Å²) >= 11 is 0. The molecule has 2 rings (SSSR count). The van der Waals surface area contributed by atoms with Crippen LogP contribution < -0.4 is 10.5 Å². The molecule has 1 aliphatic carbocycles. The molecule has 0 heterocycles. The third-order valence-electron chi connectivity index (χ3n) is 2.53. The van der Waals surface area contributed by atoms with Gasteiger partial charge >= 0.3 is 0 Å². The second-order valence-electron chi connectivity index (χ2n) is 3.56. The van der Waals surface area contributed by atoms with Gasteiger partial charge in [-0.05, 0) is 31.4 Å². The molecule has 0 amide bonds. The van der Waals surface area contributed by atoms with Crippen molar-refractivity contribution < 1.29 is 4.74 Å². The highest BCUT2D eigenvalue weighted by atomic mass is 35.5. The first-order valence-corrected chi connectivity index (χ1v) is 4.83. The molecular weight excluding hydrogens is 198 g/mol. The second-order valence-corrected chi connectivity index (χ2v) is 3.56. The molecule has 1 fully saturated rings. The normalized spacial score (nSPS) is 25.5.